The standard InChI is InChI=1S/C17H23F2N3OS/c1-12-20-14(9-24-12)8-21-6-4-16(10-21)11-22(7-5-17(16,18)19)15(23)13-2-3-13/h9,13H,2-8,10-11H2,1H3/t16-/m0/s1. The molecule has 0 bridgehead atoms. The van der Waals surface area contributed by atoms with E-state index in [1.165, 1.54) is 0 Å². The summed E-state index contributed by atoms with van der Waals surface area (Å²) in [6.45, 7) is 4.00. The van der Waals surface area contributed by atoms with Crippen LogP contribution in [0.1, 0.15) is 36.4 Å². The van der Waals surface area contributed by atoms with Gasteiger partial charge in [-0.05, 0) is 32.7 Å². The molecule has 3 fully saturated rings. The third-order valence-corrected chi connectivity index (χ3v) is 6.51. The summed E-state index contributed by atoms with van der Waals surface area (Å²) in [6, 6.07) is 0. The molecule has 1 aromatic rings. The molecule has 4 rings (SSSR count). The van der Waals surface area contributed by atoms with Gasteiger partial charge >= 0.3 is 0 Å². The summed E-state index contributed by atoms with van der Waals surface area (Å²) >= 11 is 1.59. The number of halogens is 2. The van der Waals surface area contributed by atoms with Crippen molar-refractivity contribution >= 4 is 17.2 Å². The van der Waals surface area contributed by atoms with Crippen LogP contribution in [-0.4, -0.2) is 52.8 Å². The van der Waals surface area contributed by atoms with E-state index in [9.17, 15) is 13.6 Å². The second-order valence-corrected chi connectivity index (χ2v) is 8.65. The van der Waals surface area contributed by atoms with Crippen LogP contribution in [0, 0.1) is 18.3 Å². The van der Waals surface area contributed by atoms with Crippen molar-refractivity contribution in [2.75, 3.05) is 26.2 Å². The van der Waals surface area contributed by atoms with Crippen molar-refractivity contribution in [3.63, 3.8) is 0 Å². The Morgan fingerprint density at radius 1 is 1.33 bits per heavy atom. The Bertz CT molecular complexity index is 646. The molecule has 1 aliphatic carbocycles. The summed E-state index contributed by atoms with van der Waals surface area (Å²) in [6.07, 6.45) is 2.11. The highest BCUT2D eigenvalue weighted by Gasteiger charge is 2.60. The van der Waals surface area contributed by atoms with Crippen LogP contribution in [0.25, 0.3) is 0 Å². The zero-order chi connectivity index (χ0) is 16.9. The number of aromatic nitrogens is 1. The van der Waals surface area contributed by atoms with Gasteiger partial charge in [0, 0.05) is 43.9 Å². The van der Waals surface area contributed by atoms with E-state index in [2.05, 4.69) is 9.88 Å². The van der Waals surface area contributed by atoms with Gasteiger partial charge in [0.05, 0.1) is 16.1 Å². The van der Waals surface area contributed by atoms with Crippen molar-refractivity contribution in [2.24, 2.45) is 11.3 Å². The lowest BCUT2D eigenvalue weighted by atomic mass is 9.75. The van der Waals surface area contributed by atoms with Crippen LogP contribution in [0.2, 0.25) is 0 Å². The van der Waals surface area contributed by atoms with E-state index >= 15 is 0 Å². The fourth-order valence-electron chi connectivity index (χ4n) is 4.11. The summed E-state index contributed by atoms with van der Waals surface area (Å²) in [5.74, 6) is -2.50. The van der Waals surface area contributed by atoms with Gasteiger partial charge in [-0.25, -0.2) is 13.8 Å². The van der Waals surface area contributed by atoms with Crippen LogP contribution in [-0.2, 0) is 11.3 Å². The van der Waals surface area contributed by atoms with Crippen molar-refractivity contribution < 1.29 is 13.6 Å². The number of carbonyl (C=O) groups is 1. The molecule has 24 heavy (non-hydrogen) atoms. The fraction of sp³-hybridized carbons (Fsp3) is 0.765. The third kappa shape index (κ3) is 2.86. The second-order valence-electron chi connectivity index (χ2n) is 7.59. The van der Waals surface area contributed by atoms with Gasteiger partial charge in [-0.2, -0.15) is 0 Å². The third-order valence-electron chi connectivity index (χ3n) is 5.69. The van der Waals surface area contributed by atoms with Crippen LogP contribution in [0.15, 0.2) is 5.38 Å². The van der Waals surface area contributed by atoms with Gasteiger partial charge in [0.1, 0.15) is 0 Å². The number of rotatable bonds is 3. The minimum atomic E-state index is -2.69. The van der Waals surface area contributed by atoms with E-state index < -0.39 is 11.3 Å². The molecule has 1 spiro atoms. The number of amides is 1. The van der Waals surface area contributed by atoms with Crippen molar-refractivity contribution in [3.05, 3.63) is 16.1 Å². The first-order valence-corrected chi connectivity index (χ1v) is 9.57. The molecule has 3 heterocycles. The zero-order valence-corrected chi connectivity index (χ0v) is 14.7. The van der Waals surface area contributed by atoms with Gasteiger partial charge < -0.3 is 4.90 Å². The predicted molar refractivity (Wildman–Crippen MR) is 88.0 cm³/mol. The predicted octanol–water partition coefficient (Wildman–Crippen LogP) is 2.92. The van der Waals surface area contributed by atoms with E-state index in [1.807, 2.05) is 12.3 Å². The lowest BCUT2D eigenvalue weighted by Gasteiger charge is -2.46. The van der Waals surface area contributed by atoms with Crippen LogP contribution >= 0.6 is 11.3 Å². The van der Waals surface area contributed by atoms with Crippen LogP contribution in [0.3, 0.4) is 0 Å². The minimum Gasteiger partial charge on any atom is -0.341 e. The number of carbonyl (C=O) groups excluding carboxylic acids is 1. The number of alkyl halides is 2. The molecular formula is C17H23F2N3OS. The molecule has 0 N–H and O–H groups in total. The molecule has 1 aromatic heterocycles. The molecule has 1 atom stereocenters. The van der Waals surface area contributed by atoms with Crippen molar-refractivity contribution in [1.29, 1.82) is 0 Å². The number of thiazole rings is 1. The second kappa shape index (κ2) is 5.73. The first-order valence-electron chi connectivity index (χ1n) is 8.69. The van der Waals surface area contributed by atoms with Gasteiger partial charge in [-0.1, -0.05) is 0 Å². The lowest BCUT2D eigenvalue weighted by Crippen LogP contribution is -2.58. The Labute approximate surface area is 144 Å². The summed E-state index contributed by atoms with van der Waals surface area (Å²) in [5, 5.41) is 3.01. The van der Waals surface area contributed by atoms with Crippen molar-refractivity contribution in [1.82, 2.24) is 14.8 Å². The molecule has 7 heteroatoms. The number of likely N-dealkylation sites (tertiary alicyclic amines) is 2. The van der Waals surface area contributed by atoms with Crippen LogP contribution in [0.5, 0.6) is 0 Å². The normalized spacial score (nSPS) is 30.2. The largest absolute Gasteiger partial charge is 0.341 e. The SMILES string of the molecule is Cc1nc(CN2CC[C@]3(C2)CN(C(=O)C2CC2)CCC3(F)F)cs1. The summed E-state index contributed by atoms with van der Waals surface area (Å²) in [5.41, 5.74) is -0.125. The molecule has 1 saturated carbocycles. The smallest absolute Gasteiger partial charge is 0.258 e. The molecule has 2 saturated heterocycles. The Hall–Kier alpha value is -1.08. The zero-order valence-electron chi connectivity index (χ0n) is 13.9. The van der Waals surface area contributed by atoms with Crippen LogP contribution in [0.4, 0.5) is 8.78 Å². The fourth-order valence-corrected chi connectivity index (χ4v) is 4.71. The molecule has 2 aliphatic heterocycles. The number of hydrogen-bond donors (Lipinski definition) is 0. The topological polar surface area (TPSA) is 36.4 Å². The number of aryl methyl sites for hydroxylation is 1. The number of nitrogens with zero attached hydrogens (tertiary/aromatic N) is 3. The van der Waals surface area contributed by atoms with Gasteiger partial charge in [0.25, 0.3) is 5.92 Å². The average molecular weight is 355 g/mol. The molecule has 0 radical (unpaired) electrons. The maximum atomic E-state index is 14.8. The highest BCUT2D eigenvalue weighted by atomic mass is 32.1. The maximum absolute atomic E-state index is 14.8. The average Bonchev–Trinajstić information content (AvgIpc) is 3.19. The molecule has 132 valence electrons. The lowest BCUT2D eigenvalue weighted by molar-refractivity contribution is -0.172. The highest BCUT2D eigenvalue weighted by Crippen LogP contribution is 2.50. The van der Waals surface area contributed by atoms with Gasteiger partial charge in [0.15, 0.2) is 0 Å². The van der Waals surface area contributed by atoms with E-state index in [4.69, 9.17) is 0 Å². The van der Waals surface area contributed by atoms with Crippen molar-refractivity contribution in [2.45, 2.75) is 45.1 Å². The van der Waals surface area contributed by atoms with Gasteiger partial charge in [-0.3, -0.25) is 9.69 Å². The first kappa shape index (κ1) is 16.4. The summed E-state index contributed by atoms with van der Waals surface area (Å²) in [7, 11) is 0. The van der Waals surface area contributed by atoms with Gasteiger partial charge in [0.2, 0.25) is 5.91 Å². The Kier molecular flexibility index (Phi) is 3.91. The minimum absolute atomic E-state index is 0.0958. The van der Waals surface area contributed by atoms with Crippen LogP contribution < -0.4 is 0 Å². The molecule has 4 nitrogen and oxygen atoms in total. The monoisotopic (exact) mass is 355 g/mol. The first-order chi connectivity index (χ1) is 11.4. The highest BCUT2D eigenvalue weighted by molar-refractivity contribution is 7.09. The van der Waals surface area contributed by atoms with E-state index in [0.717, 1.165) is 23.5 Å². The summed E-state index contributed by atoms with van der Waals surface area (Å²) < 4.78 is 29.5. The maximum Gasteiger partial charge on any atom is 0.258 e. The molecular weight excluding hydrogens is 332 g/mol. The van der Waals surface area contributed by atoms with Crippen molar-refractivity contribution in [3.8, 4) is 0 Å². The number of piperidine rings is 1. The molecule has 1 amide bonds. The van der Waals surface area contributed by atoms with E-state index in [0.29, 0.717) is 26.1 Å². The molecule has 0 aromatic carbocycles. The molecule has 0 unspecified atom stereocenters. The van der Waals surface area contributed by atoms with Gasteiger partial charge in [-0.15, -0.1) is 11.3 Å². The quantitative estimate of drug-likeness (QED) is 0.836. The van der Waals surface area contributed by atoms with E-state index in [1.54, 1.807) is 16.2 Å². The Balaban J connectivity index is 1.48. The Morgan fingerprint density at radius 2 is 2.12 bits per heavy atom. The number of hydrogen-bond acceptors (Lipinski definition) is 4. The summed E-state index contributed by atoms with van der Waals surface area (Å²) in [4.78, 5) is 20.6. The van der Waals surface area contributed by atoms with E-state index in [-0.39, 0.29) is 31.3 Å². The molecule has 3 aliphatic rings. The Morgan fingerprint density at radius 3 is 2.79 bits per heavy atom.